The molecule has 98 valence electrons. The van der Waals surface area contributed by atoms with Gasteiger partial charge in [0.25, 0.3) is 11.8 Å². The smallest absolute Gasteiger partial charge is 0.261 e. The van der Waals surface area contributed by atoms with Gasteiger partial charge in [0, 0.05) is 11.1 Å². The van der Waals surface area contributed by atoms with Gasteiger partial charge < -0.3 is 0 Å². The summed E-state index contributed by atoms with van der Waals surface area (Å²) in [5.41, 5.74) is 4.22. The molecule has 0 saturated carbocycles. The van der Waals surface area contributed by atoms with E-state index in [1.165, 1.54) is 4.90 Å². The van der Waals surface area contributed by atoms with Crippen molar-refractivity contribution in [3.8, 4) is 0 Å². The predicted molar refractivity (Wildman–Crippen MR) is 73.9 cm³/mol. The molecule has 0 fully saturated rings. The summed E-state index contributed by atoms with van der Waals surface area (Å²) >= 11 is 0. The highest BCUT2D eigenvalue weighted by Crippen LogP contribution is 2.37. The van der Waals surface area contributed by atoms with Crippen LogP contribution in [0.3, 0.4) is 0 Å². The minimum atomic E-state index is -0.0999. The van der Waals surface area contributed by atoms with Crippen molar-refractivity contribution in [2.24, 2.45) is 0 Å². The summed E-state index contributed by atoms with van der Waals surface area (Å²) in [5, 5.41) is 0. The van der Waals surface area contributed by atoms with Crippen LogP contribution in [0.15, 0.2) is 29.3 Å². The summed E-state index contributed by atoms with van der Waals surface area (Å²) in [6.45, 7) is 3.89. The molecule has 0 atom stereocenters. The van der Waals surface area contributed by atoms with Gasteiger partial charge in [-0.05, 0) is 50.7 Å². The molecule has 1 aliphatic carbocycles. The summed E-state index contributed by atoms with van der Waals surface area (Å²) in [4.78, 5) is 26.4. The Morgan fingerprint density at radius 3 is 1.84 bits per heavy atom. The number of hydrogen-bond donors (Lipinski definition) is 0. The zero-order valence-electron chi connectivity index (χ0n) is 11.3. The highest BCUT2D eigenvalue weighted by atomic mass is 16.2. The number of para-hydroxylation sites is 1. The van der Waals surface area contributed by atoms with Gasteiger partial charge in [-0.25, -0.2) is 4.90 Å². The number of nitrogens with zero attached hydrogens (tertiary/aromatic N) is 1. The Labute approximate surface area is 112 Å². The van der Waals surface area contributed by atoms with E-state index in [9.17, 15) is 9.59 Å². The fraction of sp³-hybridized carbons (Fsp3) is 0.375. The van der Waals surface area contributed by atoms with Gasteiger partial charge in [0.05, 0.1) is 5.69 Å². The van der Waals surface area contributed by atoms with Crippen molar-refractivity contribution in [1.29, 1.82) is 0 Å². The van der Waals surface area contributed by atoms with Gasteiger partial charge in [0.2, 0.25) is 0 Å². The van der Waals surface area contributed by atoms with Crippen LogP contribution in [0.4, 0.5) is 5.69 Å². The Hall–Kier alpha value is -1.90. The van der Waals surface area contributed by atoms with Crippen LogP contribution in [-0.4, -0.2) is 11.8 Å². The summed E-state index contributed by atoms with van der Waals surface area (Å²) in [7, 11) is 0. The van der Waals surface area contributed by atoms with E-state index in [1.54, 1.807) is 0 Å². The van der Waals surface area contributed by atoms with E-state index in [0.29, 0.717) is 0 Å². The number of aryl methyl sites for hydroxylation is 2. The number of hydrogen-bond acceptors (Lipinski definition) is 2. The predicted octanol–water partition coefficient (Wildman–Crippen LogP) is 3.05. The Morgan fingerprint density at radius 2 is 1.37 bits per heavy atom. The van der Waals surface area contributed by atoms with Crippen molar-refractivity contribution in [1.82, 2.24) is 0 Å². The molecule has 1 aliphatic heterocycles. The molecule has 3 nitrogen and oxygen atoms in total. The quantitative estimate of drug-likeness (QED) is 0.723. The van der Waals surface area contributed by atoms with Gasteiger partial charge >= 0.3 is 0 Å². The fourth-order valence-corrected chi connectivity index (χ4v) is 3.10. The van der Waals surface area contributed by atoms with Crippen LogP contribution in [0.25, 0.3) is 0 Å². The largest absolute Gasteiger partial charge is 0.269 e. The zero-order chi connectivity index (χ0) is 13.6. The number of carbonyl (C=O) groups excluding carboxylic acids is 2. The third-order valence-electron chi connectivity index (χ3n) is 4.05. The molecule has 0 saturated heterocycles. The lowest BCUT2D eigenvalue weighted by atomic mass is 9.93. The number of carbonyl (C=O) groups is 2. The third kappa shape index (κ3) is 1.72. The lowest BCUT2D eigenvalue weighted by Gasteiger charge is -2.20. The van der Waals surface area contributed by atoms with Crippen LogP contribution in [-0.2, 0) is 9.59 Å². The molecular weight excluding hydrogens is 238 g/mol. The molecule has 1 aromatic carbocycles. The first kappa shape index (κ1) is 12.2. The Balaban J connectivity index is 2.09. The second-order valence-corrected chi connectivity index (χ2v) is 5.35. The van der Waals surface area contributed by atoms with Crippen LogP contribution in [0.2, 0.25) is 0 Å². The Kier molecular flexibility index (Phi) is 2.77. The molecule has 19 heavy (non-hydrogen) atoms. The van der Waals surface area contributed by atoms with Crippen LogP contribution in [0.1, 0.15) is 36.8 Å². The van der Waals surface area contributed by atoms with Crippen LogP contribution in [0.5, 0.6) is 0 Å². The fourth-order valence-electron chi connectivity index (χ4n) is 3.10. The SMILES string of the molecule is Cc1cccc(C)c1N1C(=O)C2=C(CCCC2)C1=O. The van der Waals surface area contributed by atoms with Gasteiger partial charge in [-0.3, -0.25) is 9.59 Å². The summed E-state index contributed by atoms with van der Waals surface area (Å²) in [5.74, 6) is -0.200. The number of rotatable bonds is 1. The van der Waals surface area contributed by atoms with E-state index in [1.807, 2.05) is 32.0 Å². The maximum absolute atomic E-state index is 12.5. The molecule has 2 amide bonds. The van der Waals surface area contributed by atoms with E-state index >= 15 is 0 Å². The van der Waals surface area contributed by atoms with Gasteiger partial charge in [0.1, 0.15) is 0 Å². The molecule has 0 spiro atoms. The molecule has 0 aromatic heterocycles. The maximum Gasteiger partial charge on any atom is 0.261 e. The number of amides is 2. The molecule has 1 heterocycles. The van der Waals surface area contributed by atoms with E-state index in [4.69, 9.17) is 0 Å². The summed E-state index contributed by atoms with van der Waals surface area (Å²) in [6.07, 6.45) is 3.53. The number of anilines is 1. The van der Waals surface area contributed by atoms with Crippen molar-refractivity contribution >= 4 is 17.5 Å². The second kappa shape index (κ2) is 4.34. The van der Waals surface area contributed by atoms with Crippen molar-refractivity contribution < 1.29 is 9.59 Å². The third-order valence-corrected chi connectivity index (χ3v) is 4.05. The van der Waals surface area contributed by atoms with Crippen molar-refractivity contribution in [2.75, 3.05) is 4.90 Å². The highest BCUT2D eigenvalue weighted by Gasteiger charge is 2.40. The second-order valence-electron chi connectivity index (χ2n) is 5.35. The first-order valence-electron chi connectivity index (χ1n) is 6.78. The van der Waals surface area contributed by atoms with Gasteiger partial charge in [-0.1, -0.05) is 18.2 Å². The van der Waals surface area contributed by atoms with Gasteiger partial charge in [0.15, 0.2) is 0 Å². The maximum atomic E-state index is 12.5. The average molecular weight is 255 g/mol. The monoisotopic (exact) mass is 255 g/mol. The van der Waals surface area contributed by atoms with Crippen molar-refractivity contribution in [3.05, 3.63) is 40.5 Å². The van der Waals surface area contributed by atoms with E-state index < -0.39 is 0 Å². The normalized spacial score (nSPS) is 19.2. The first-order valence-corrected chi connectivity index (χ1v) is 6.78. The molecule has 3 rings (SSSR count). The Bertz CT molecular complexity index is 565. The molecule has 0 bridgehead atoms. The molecular formula is C16H17NO2. The van der Waals surface area contributed by atoms with E-state index in [2.05, 4.69) is 0 Å². The lowest BCUT2D eigenvalue weighted by molar-refractivity contribution is -0.120. The van der Waals surface area contributed by atoms with Gasteiger partial charge in [-0.15, -0.1) is 0 Å². The molecule has 0 radical (unpaired) electrons. The van der Waals surface area contributed by atoms with Gasteiger partial charge in [-0.2, -0.15) is 0 Å². The zero-order valence-corrected chi connectivity index (χ0v) is 11.3. The molecule has 3 heteroatoms. The minimum Gasteiger partial charge on any atom is -0.269 e. The van der Waals surface area contributed by atoms with Crippen LogP contribution in [0, 0.1) is 13.8 Å². The van der Waals surface area contributed by atoms with E-state index in [-0.39, 0.29) is 11.8 Å². The standard InChI is InChI=1S/C16H17NO2/c1-10-6-5-7-11(2)14(10)17-15(18)12-8-3-4-9-13(12)16(17)19/h5-7H,3-4,8-9H2,1-2H3. The molecule has 0 N–H and O–H groups in total. The number of imide groups is 1. The van der Waals surface area contributed by atoms with E-state index in [0.717, 1.165) is 53.6 Å². The highest BCUT2D eigenvalue weighted by molar-refractivity contribution is 6.33. The topological polar surface area (TPSA) is 37.4 Å². The van der Waals surface area contributed by atoms with Crippen molar-refractivity contribution in [3.63, 3.8) is 0 Å². The average Bonchev–Trinajstić information content (AvgIpc) is 2.64. The van der Waals surface area contributed by atoms with Crippen LogP contribution < -0.4 is 4.90 Å². The molecule has 1 aromatic rings. The number of benzene rings is 1. The molecule has 0 unspecified atom stereocenters. The lowest BCUT2D eigenvalue weighted by Crippen LogP contribution is -2.32. The minimum absolute atomic E-state index is 0.0999. The summed E-state index contributed by atoms with van der Waals surface area (Å²) < 4.78 is 0. The van der Waals surface area contributed by atoms with Crippen LogP contribution >= 0.6 is 0 Å². The van der Waals surface area contributed by atoms with Crippen molar-refractivity contribution in [2.45, 2.75) is 39.5 Å². The first-order chi connectivity index (χ1) is 9.11. The summed E-state index contributed by atoms with van der Waals surface area (Å²) in [6, 6.07) is 5.84. The Morgan fingerprint density at radius 1 is 0.895 bits per heavy atom. The molecule has 2 aliphatic rings.